The van der Waals surface area contributed by atoms with Crippen molar-refractivity contribution in [1.29, 1.82) is 0 Å². The lowest BCUT2D eigenvalue weighted by Crippen LogP contribution is -2.52. The minimum absolute atomic E-state index is 0. The van der Waals surface area contributed by atoms with Gasteiger partial charge in [0.25, 0.3) is 0 Å². The highest BCUT2D eigenvalue weighted by molar-refractivity contribution is 7.13. The molecule has 0 radical (unpaired) electrons. The fraction of sp³-hybridized carbons (Fsp3) is 0.733. The SMILES string of the molecule is Cl.Cl.NC1(C(=O)Nc2nc(CN3CCOCC3)cs2)CCCCC1. The molecular weight excluding hydrogens is 371 g/mol. The van der Waals surface area contributed by atoms with Gasteiger partial charge in [-0.15, -0.1) is 36.2 Å². The average molecular weight is 397 g/mol. The number of amides is 1. The van der Waals surface area contributed by atoms with Gasteiger partial charge in [0, 0.05) is 25.0 Å². The van der Waals surface area contributed by atoms with E-state index in [0.29, 0.717) is 5.13 Å². The zero-order valence-electron chi connectivity index (χ0n) is 13.7. The first-order valence-electron chi connectivity index (χ1n) is 8.01. The molecule has 1 aromatic heterocycles. The number of carbonyl (C=O) groups is 1. The molecule has 0 aromatic carbocycles. The Morgan fingerprint density at radius 2 is 1.96 bits per heavy atom. The zero-order valence-corrected chi connectivity index (χ0v) is 16.1. The summed E-state index contributed by atoms with van der Waals surface area (Å²) in [5.41, 5.74) is 6.53. The summed E-state index contributed by atoms with van der Waals surface area (Å²) in [5, 5.41) is 5.58. The van der Waals surface area contributed by atoms with Crippen LogP contribution in [0.1, 0.15) is 37.8 Å². The van der Waals surface area contributed by atoms with Gasteiger partial charge in [0.15, 0.2) is 5.13 Å². The van der Waals surface area contributed by atoms with Gasteiger partial charge in [-0.1, -0.05) is 19.3 Å². The van der Waals surface area contributed by atoms with Gasteiger partial charge in [0.2, 0.25) is 5.91 Å². The molecule has 2 fully saturated rings. The summed E-state index contributed by atoms with van der Waals surface area (Å²) < 4.78 is 5.34. The second-order valence-corrected chi connectivity index (χ2v) is 7.06. The predicted molar refractivity (Wildman–Crippen MR) is 101 cm³/mol. The molecule has 1 saturated heterocycles. The number of anilines is 1. The van der Waals surface area contributed by atoms with E-state index in [9.17, 15) is 4.79 Å². The fourth-order valence-corrected chi connectivity index (χ4v) is 3.75. The van der Waals surface area contributed by atoms with Gasteiger partial charge >= 0.3 is 0 Å². The molecule has 6 nitrogen and oxygen atoms in total. The highest BCUT2D eigenvalue weighted by Gasteiger charge is 2.35. The number of aromatic nitrogens is 1. The first kappa shape index (κ1) is 21.6. The number of halogens is 2. The molecule has 3 N–H and O–H groups in total. The second-order valence-electron chi connectivity index (χ2n) is 6.20. The van der Waals surface area contributed by atoms with Crippen molar-refractivity contribution in [3.63, 3.8) is 0 Å². The van der Waals surface area contributed by atoms with Crippen LogP contribution in [0.5, 0.6) is 0 Å². The lowest BCUT2D eigenvalue weighted by molar-refractivity contribution is -0.122. The Balaban J connectivity index is 0.00000144. The first-order chi connectivity index (χ1) is 10.7. The van der Waals surface area contributed by atoms with Crippen molar-refractivity contribution < 1.29 is 9.53 Å². The number of hydrogen-bond donors (Lipinski definition) is 2. The zero-order chi connectivity index (χ0) is 15.4. The smallest absolute Gasteiger partial charge is 0.246 e. The van der Waals surface area contributed by atoms with E-state index in [-0.39, 0.29) is 30.7 Å². The van der Waals surface area contributed by atoms with Crippen LogP contribution >= 0.6 is 36.2 Å². The van der Waals surface area contributed by atoms with Crippen LogP contribution in [-0.4, -0.2) is 47.6 Å². The maximum atomic E-state index is 12.4. The normalized spacial score (nSPS) is 20.5. The van der Waals surface area contributed by atoms with Crippen LogP contribution in [0.3, 0.4) is 0 Å². The molecule has 3 rings (SSSR count). The maximum absolute atomic E-state index is 12.4. The lowest BCUT2D eigenvalue weighted by Gasteiger charge is -2.31. The van der Waals surface area contributed by atoms with Gasteiger partial charge in [-0.3, -0.25) is 9.69 Å². The Hall–Kier alpha value is -0.440. The molecule has 1 saturated carbocycles. The number of nitrogens with zero attached hydrogens (tertiary/aromatic N) is 2. The van der Waals surface area contributed by atoms with E-state index < -0.39 is 5.54 Å². The van der Waals surface area contributed by atoms with Crippen molar-refractivity contribution in [3.8, 4) is 0 Å². The summed E-state index contributed by atoms with van der Waals surface area (Å²) in [5.74, 6) is -0.0838. The number of thiazole rings is 1. The number of carbonyl (C=O) groups excluding carboxylic acids is 1. The number of nitrogens with two attached hydrogens (primary N) is 1. The molecule has 0 unspecified atom stereocenters. The maximum Gasteiger partial charge on any atom is 0.246 e. The van der Waals surface area contributed by atoms with Crippen LogP contribution < -0.4 is 11.1 Å². The van der Waals surface area contributed by atoms with E-state index in [2.05, 4.69) is 15.2 Å². The summed E-state index contributed by atoms with van der Waals surface area (Å²) in [6, 6.07) is 0. The number of morpholine rings is 1. The number of ether oxygens (including phenoxy) is 1. The van der Waals surface area contributed by atoms with E-state index >= 15 is 0 Å². The number of nitrogens with one attached hydrogen (secondary N) is 1. The summed E-state index contributed by atoms with van der Waals surface area (Å²) in [6.45, 7) is 4.24. The Kier molecular flexibility index (Phi) is 8.90. The minimum atomic E-state index is -0.714. The summed E-state index contributed by atoms with van der Waals surface area (Å²) in [6.07, 6.45) is 4.77. The second kappa shape index (κ2) is 9.89. The van der Waals surface area contributed by atoms with E-state index in [4.69, 9.17) is 10.5 Å². The summed E-state index contributed by atoms with van der Waals surface area (Å²) >= 11 is 1.47. The molecule has 1 amide bonds. The van der Waals surface area contributed by atoms with E-state index in [0.717, 1.165) is 64.2 Å². The molecule has 138 valence electrons. The van der Waals surface area contributed by atoms with Crippen molar-refractivity contribution in [3.05, 3.63) is 11.1 Å². The molecule has 1 aliphatic heterocycles. The van der Waals surface area contributed by atoms with Crippen molar-refractivity contribution in [1.82, 2.24) is 9.88 Å². The third kappa shape index (κ3) is 5.54. The molecule has 2 aliphatic rings. The van der Waals surface area contributed by atoms with Crippen LogP contribution in [0.4, 0.5) is 5.13 Å². The summed E-state index contributed by atoms with van der Waals surface area (Å²) in [7, 11) is 0. The van der Waals surface area contributed by atoms with Gasteiger partial charge in [-0.25, -0.2) is 4.98 Å². The monoisotopic (exact) mass is 396 g/mol. The molecule has 2 heterocycles. The number of rotatable bonds is 4. The third-order valence-corrected chi connectivity index (χ3v) is 5.27. The summed E-state index contributed by atoms with van der Waals surface area (Å²) in [4.78, 5) is 19.2. The Morgan fingerprint density at radius 3 is 2.62 bits per heavy atom. The van der Waals surface area contributed by atoms with Crippen LogP contribution in [0.15, 0.2) is 5.38 Å². The van der Waals surface area contributed by atoms with Gasteiger partial charge in [-0.2, -0.15) is 0 Å². The van der Waals surface area contributed by atoms with Crippen LogP contribution in [0.2, 0.25) is 0 Å². The van der Waals surface area contributed by atoms with Crippen LogP contribution in [-0.2, 0) is 16.1 Å². The Labute approximate surface area is 159 Å². The van der Waals surface area contributed by atoms with Crippen LogP contribution in [0.25, 0.3) is 0 Å². The lowest BCUT2D eigenvalue weighted by atomic mass is 9.82. The fourth-order valence-electron chi connectivity index (χ4n) is 3.06. The standard InChI is InChI=1S/C15H24N4O2S.2ClH/c16-15(4-2-1-3-5-15)13(20)18-14-17-12(11-22-14)10-19-6-8-21-9-7-19;;/h11H,1-10,16H2,(H,17,18,20);2*1H. The van der Waals surface area contributed by atoms with E-state index in [1.165, 1.54) is 17.8 Å². The van der Waals surface area contributed by atoms with Crippen LogP contribution in [0, 0.1) is 0 Å². The Morgan fingerprint density at radius 1 is 1.29 bits per heavy atom. The largest absolute Gasteiger partial charge is 0.379 e. The molecule has 1 aliphatic carbocycles. The molecule has 9 heteroatoms. The topological polar surface area (TPSA) is 80.5 Å². The Bertz CT molecular complexity index is 517. The van der Waals surface area contributed by atoms with Gasteiger partial charge < -0.3 is 15.8 Å². The first-order valence-corrected chi connectivity index (χ1v) is 8.88. The highest BCUT2D eigenvalue weighted by Crippen LogP contribution is 2.28. The van der Waals surface area contributed by atoms with Crippen molar-refractivity contribution in [2.75, 3.05) is 31.6 Å². The van der Waals surface area contributed by atoms with Crippen molar-refractivity contribution in [2.24, 2.45) is 5.73 Å². The third-order valence-electron chi connectivity index (χ3n) is 4.46. The van der Waals surface area contributed by atoms with E-state index in [1.54, 1.807) is 0 Å². The number of hydrogen-bond acceptors (Lipinski definition) is 6. The van der Waals surface area contributed by atoms with Crippen molar-refractivity contribution >= 4 is 47.2 Å². The molecule has 0 atom stereocenters. The molecule has 1 aromatic rings. The van der Waals surface area contributed by atoms with Crippen molar-refractivity contribution in [2.45, 2.75) is 44.2 Å². The molecule has 24 heavy (non-hydrogen) atoms. The minimum Gasteiger partial charge on any atom is -0.379 e. The quantitative estimate of drug-likeness (QED) is 0.816. The van der Waals surface area contributed by atoms with E-state index in [1.807, 2.05) is 5.38 Å². The van der Waals surface area contributed by atoms with Gasteiger partial charge in [0.05, 0.1) is 24.4 Å². The molecular formula is C15H26Cl2N4O2S. The molecule has 0 spiro atoms. The predicted octanol–water partition coefficient (Wildman–Crippen LogP) is 2.42. The van der Waals surface area contributed by atoms with Gasteiger partial charge in [-0.05, 0) is 12.8 Å². The highest BCUT2D eigenvalue weighted by atomic mass is 35.5. The molecule has 0 bridgehead atoms. The van der Waals surface area contributed by atoms with Gasteiger partial charge in [0.1, 0.15) is 0 Å². The average Bonchev–Trinajstić information content (AvgIpc) is 2.96.